The number of hydrogen-bond donors (Lipinski definition) is 0. The molecule has 1 nitrogen and oxygen atoms in total. The normalized spacial score (nSPS) is 7.67. The second-order valence-electron chi connectivity index (χ2n) is 1.52. The molecule has 0 aliphatic carbocycles. The van der Waals surface area contributed by atoms with Crippen molar-refractivity contribution in [3.05, 3.63) is 30.3 Å². The van der Waals surface area contributed by atoms with E-state index in [-0.39, 0.29) is 23.1 Å². The minimum Gasteiger partial charge on any atom is -0.497 e. The minimum absolute atomic E-state index is 0. The van der Waals surface area contributed by atoms with Crippen LogP contribution >= 0.6 is 0 Å². The summed E-state index contributed by atoms with van der Waals surface area (Å²) in [5.41, 5.74) is 0. The molecule has 0 aliphatic rings. The maximum absolute atomic E-state index is 4.91. The predicted octanol–water partition coefficient (Wildman–Crippen LogP) is 1.31. The summed E-state index contributed by atoms with van der Waals surface area (Å²) in [7, 11) is 1.66. The summed E-state index contributed by atoms with van der Waals surface area (Å²) < 4.78 is 4.91. The molecular formula is C7H8MgO. The molecule has 2 heteroatoms. The van der Waals surface area contributed by atoms with Crippen molar-refractivity contribution in [2.24, 2.45) is 0 Å². The number of para-hydroxylation sites is 1. The van der Waals surface area contributed by atoms with E-state index in [1.54, 1.807) is 7.11 Å². The Labute approximate surface area is 71.2 Å². The number of methoxy groups -OCH3 is 1. The Morgan fingerprint density at radius 1 is 1.11 bits per heavy atom. The van der Waals surface area contributed by atoms with Gasteiger partial charge in [-0.15, -0.1) is 0 Å². The molecule has 0 aliphatic heterocycles. The summed E-state index contributed by atoms with van der Waals surface area (Å²) in [6.45, 7) is 0. The third-order valence-electron chi connectivity index (χ3n) is 0.979. The molecule has 0 spiro atoms. The first-order chi connectivity index (χ1) is 3.93. The summed E-state index contributed by atoms with van der Waals surface area (Å²) in [4.78, 5) is 0. The summed E-state index contributed by atoms with van der Waals surface area (Å²) in [6, 6.07) is 9.68. The molecular weight excluding hydrogens is 124 g/mol. The first-order valence-electron chi connectivity index (χ1n) is 2.52. The molecule has 9 heavy (non-hydrogen) atoms. The molecule has 0 fully saturated rings. The monoisotopic (exact) mass is 132 g/mol. The molecule has 0 unspecified atom stereocenters. The van der Waals surface area contributed by atoms with Gasteiger partial charge in [0.15, 0.2) is 0 Å². The van der Waals surface area contributed by atoms with E-state index in [1.807, 2.05) is 30.3 Å². The highest BCUT2D eigenvalue weighted by Gasteiger charge is 1.80. The Balaban J connectivity index is 0.000000640. The van der Waals surface area contributed by atoms with Crippen molar-refractivity contribution in [3.8, 4) is 5.75 Å². The van der Waals surface area contributed by atoms with Crippen LogP contribution in [0.2, 0.25) is 0 Å². The van der Waals surface area contributed by atoms with Crippen molar-refractivity contribution in [3.63, 3.8) is 0 Å². The molecule has 0 atom stereocenters. The van der Waals surface area contributed by atoms with Crippen molar-refractivity contribution in [2.45, 2.75) is 0 Å². The average Bonchev–Trinajstić information content (AvgIpc) is 1.90. The fourth-order valence-corrected chi connectivity index (χ4v) is 0.557. The van der Waals surface area contributed by atoms with E-state index in [4.69, 9.17) is 4.74 Å². The second-order valence-corrected chi connectivity index (χ2v) is 1.52. The lowest BCUT2D eigenvalue weighted by molar-refractivity contribution is 0.415. The van der Waals surface area contributed by atoms with Crippen molar-refractivity contribution in [1.29, 1.82) is 0 Å². The molecule has 0 aromatic heterocycles. The van der Waals surface area contributed by atoms with E-state index in [0.29, 0.717) is 0 Å². The van der Waals surface area contributed by atoms with Gasteiger partial charge >= 0.3 is 0 Å². The van der Waals surface area contributed by atoms with E-state index in [1.165, 1.54) is 0 Å². The Bertz CT molecular complexity index is 150. The number of ether oxygens (including phenoxy) is 1. The molecule has 2 radical (unpaired) electrons. The lowest BCUT2D eigenvalue weighted by atomic mass is 10.3. The molecule has 0 N–H and O–H groups in total. The van der Waals surface area contributed by atoms with Crippen molar-refractivity contribution in [2.75, 3.05) is 7.11 Å². The molecule has 1 aromatic rings. The highest BCUT2D eigenvalue weighted by molar-refractivity contribution is 5.75. The van der Waals surface area contributed by atoms with Gasteiger partial charge in [0.2, 0.25) is 0 Å². The van der Waals surface area contributed by atoms with Crippen LogP contribution in [-0.4, -0.2) is 30.2 Å². The first kappa shape index (κ1) is 8.79. The maximum atomic E-state index is 4.91. The number of rotatable bonds is 1. The zero-order chi connectivity index (χ0) is 5.82. The van der Waals surface area contributed by atoms with Crippen LogP contribution in [0, 0.1) is 0 Å². The summed E-state index contributed by atoms with van der Waals surface area (Å²) in [6.07, 6.45) is 0. The molecule has 0 heterocycles. The van der Waals surface area contributed by atoms with Gasteiger partial charge in [0.05, 0.1) is 7.11 Å². The molecule has 1 rings (SSSR count). The second kappa shape index (κ2) is 4.64. The first-order valence-corrected chi connectivity index (χ1v) is 2.52. The standard InChI is InChI=1S/C7H8O.Mg/c1-8-7-5-3-2-4-6-7;/h2-6H,1H3;. The predicted molar refractivity (Wildman–Crippen MR) is 38.7 cm³/mol. The molecule has 0 amide bonds. The van der Waals surface area contributed by atoms with Crippen LogP contribution in [0.3, 0.4) is 0 Å². The SMILES string of the molecule is COc1ccccc1.[Mg]. The smallest absolute Gasteiger partial charge is 0.118 e. The summed E-state index contributed by atoms with van der Waals surface area (Å²) >= 11 is 0. The van der Waals surface area contributed by atoms with Gasteiger partial charge in [-0.3, -0.25) is 0 Å². The fraction of sp³-hybridized carbons (Fsp3) is 0.143. The van der Waals surface area contributed by atoms with Crippen molar-refractivity contribution < 1.29 is 4.74 Å². The lowest BCUT2D eigenvalue weighted by Crippen LogP contribution is -1.78. The van der Waals surface area contributed by atoms with Crippen LogP contribution in [0.1, 0.15) is 0 Å². The average molecular weight is 132 g/mol. The summed E-state index contributed by atoms with van der Waals surface area (Å²) in [5.74, 6) is 0.910. The van der Waals surface area contributed by atoms with E-state index >= 15 is 0 Å². The van der Waals surface area contributed by atoms with Gasteiger partial charge in [-0.1, -0.05) is 18.2 Å². The molecule has 1 aromatic carbocycles. The molecule has 0 saturated heterocycles. The third kappa shape index (κ3) is 2.72. The van der Waals surface area contributed by atoms with Gasteiger partial charge in [0.1, 0.15) is 5.75 Å². The van der Waals surface area contributed by atoms with E-state index < -0.39 is 0 Å². The van der Waals surface area contributed by atoms with Crippen LogP contribution in [-0.2, 0) is 0 Å². The van der Waals surface area contributed by atoms with Crippen LogP contribution in [0.25, 0.3) is 0 Å². The number of hydrogen-bond acceptors (Lipinski definition) is 1. The van der Waals surface area contributed by atoms with E-state index in [9.17, 15) is 0 Å². The molecule has 0 bridgehead atoms. The van der Waals surface area contributed by atoms with Crippen LogP contribution < -0.4 is 4.74 Å². The quantitative estimate of drug-likeness (QED) is 0.524. The van der Waals surface area contributed by atoms with Gasteiger partial charge in [-0.2, -0.15) is 0 Å². The van der Waals surface area contributed by atoms with Crippen LogP contribution in [0.15, 0.2) is 30.3 Å². The van der Waals surface area contributed by atoms with E-state index in [0.717, 1.165) is 5.75 Å². The zero-order valence-electron chi connectivity index (χ0n) is 5.50. The highest BCUT2D eigenvalue weighted by Crippen LogP contribution is 2.05. The third-order valence-corrected chi connectivity index (χ3v) is 0.979. The minimum atomic E-state index is 0. The van der Waals surface area contributed by atoms with Gasteiger partial charge in [-0.05, 0) is 12.1 Å². The lowest BCUT2D eigenvalue weighted by Gasteiger charge is -1.93. The van der Waals surface area contributed by atoms with Gasteiger partial charge in [0.25, 0.3) is 0 Å². The van der Waals surface area contributed by atoms with Crippen LogP contribution in [0.5, 0.6) is 5.75 Å². The molecule has 0 saturated carbocycles. The van der Waals surface area contributed by atoms with Gasteiger partial charge < -0.3 is 4.74 Å². The summed E-state index contributed by atoms with van der Waals surface area (Å²) in [5, 5.41) is 0. The topological polar surface area (TPSA) is 9.23 Å². The zero-order valence-corrected chi connectivity index (χ0v) is 6.92. The Kier molecular flexibility index (Phi) is 4.53. The van der Waals surface area contributed by atoms with Gasteiger partial charge in [-0.25, -0.2) is 0 Å². The highest BCUT2D eigenvalue weighted by atomic mass is 24.3. The Morgan fingerprint density at radius 3 is 2.00 bits per heavy atom. The Morgan fingerprint density at radius 2 is 1.67 bits per heavy atom. The van der Waals surface area contributed by atoms with E-state index in [2.05, 4.69) is 0 Å². The van der Waals surface area contributed by atoms with Crippen molar-refractivity contribution in [1.82, 2.24) is 0 Å². The van der Waals surface area contributed by atoms with Crippen LogP contribution in [0.4, 0.5) is 0 Å². The Hall–Kier alpha value is -0.214. The van der Waals surface area contributed by atoms with Crippen molar-refractivity contribution >= 4 is 23.1 Å². The largest absolute Gasteiger partial charge is 0.497 e. The fourth-order valence-electron chi connectivity index (χ4n) is 0.557. The maximum Gasteiger partial charge on any atom is 0.118 e. The molecule has 44 valence electrons. The number of benzene rings is 1. The van der Waals surface area contributed by atoms with Gasteiger partial charge in [0, 0.05) is 23.1 Å².